The average molecular weight is 439 g/mol. The Balaban J connectivity index is 1.38. The van der Waals surface area contributed by atoms with Gasteiger partial charge in [-0.3, -0.25) is 9.59 Å². The Kier molecular flexibility index (Phi) is 5.47. The molecular weight excluding hydrogens is 412 g/mol. The largest absolute Gasteiger partial charge is 0.506 e. The van der Waals surface area contributed by atoms with Crippen LogP contribution in [0.5, 0.6) is 5.75 Å². The van der Waals surface area contributed by atoms with Gasteiger partial charge in [-0.25, -0.2) is 0 Å². The number of fused-ring (bicyclic) bond motifs is 2. The van der Waals surface area contributed by atoms with E-state index in [-0.39, 0.29) is 23.1 Å². The Bertz CT molecular complexity index is 1360. The standard InChI is InChI=1S/C28H26N2O3/c1-29(18-21-11-6-10-19-8-2-4-12-22(19)21)28(33)25-14-7-17-30(25)27(32)24-16-15-20-9-3-5-13-23(20)26(24)31/h2-6,8-13,15-16,25,31H,7,14,17-18H2,1H3. The van der Waals surface area contributed by atoms with Crippen LogP contribution < -0.4 is 0 Å². The number of nitrogens with zero attached hydrogens (tertiary/aromatic N) is 2. The third-order valence-corrected chi connectivity index (χ3v) is 6.59. The molecule has 1 atom stereocenters. The molecule has 1 heterocycles. The molecule has 1 aliphatic heterocycles. The summed E-state index contributed by atoms with van der Waals surface area (Å²) in [4.78, 5) is 30.1. The van der Waals surface area contributed by atoms with Crippen molar-refractivity contribution < 1.29 is 14.7 Å². The van der Waals surface area contributed by atoms with Gasteiger partial charge < -0.3 is 14.9 Å². The monoisotopic (exact) mass is 438 g/mol. The molecule has 5 rings (SSSR count). The van der Waals surface area contributed by atoms with Crippen molar-refractivity contribution in [3.8, 4) is 5.75 Å². The Morgan fingerprint density at radius 3 is 2.36 bits per heavy atom. The number of hydrogen-bond acceptors (Lipinski definition) is 3. The van der Waals surface area contributed by atoms with Gasteiger partial charge in [0.25, 0.3) is 5.91 Å². The highest BCUT2D eigenvalue weighted by Gasteiger charge is 2.37. The van der Waals surface area contributed by atoms with E-state index in [1.54, 1.807) is 29.0 Å². The summed E-state index contributed by atoms with van der Waals surface area (Å²) < 4.78 is 0. The molecule has 1 N–H and O–H groups in total. The van der Waals surface area contributed by atoms with E-state index in [2.05, 4.69) is 18.2 Å². The second-order valence-electron chi connectivity index (χ2n) is 8.67. The fourth-order valence-electron chi connectivity index (χ4n) is 4.87. The SMILES string of the molecule is CN(Cc1cccc2ccccc12)C(=O)C1CCCN1C(=O)c1ccc2ccccc2c1O. The lowest BCUT2D eigenvalue weighted by molar-refractivity contribution is -0.134. The fraction of sp³-hybridized carbons (Fsp3) is 0.214. The first-order valence-electron chi connectivity index (χ1n) is 11.3. The molecule has 1 aliphatic rings. The predicted molar refractivity (Wildman–Crippen MR) is 130 cm³/mol. The topological polar surface area (TPSA) is 60.9 Å². The van der Waals surface area contributed by atoms with E-state index in [4.69, 9.17) is 0 Å². The molecular formula is C28H26N2O3. The van der Waals surface area contributed by atoms with Crippen LogP contribution in [0.15, 0.2) is 78.9 Å². The summed E-state index contributed by atoms with van der Waals surface area (Å²) in [5.74, 6) is -0.401. The van der Waals surface area contributed by atoms with Crippen LogP contribution in [0.25, 0.3) is 21.5 Å². The Morgan fingerprint density at radius 1 is 0.909 bits per heavy atom. The summed E-state index contributed by atoms with van der Waals surface area (Å²) in [5, 5.41) is 14.5. The highest BCUT2D eigenvalue weighted by molar-refractivity contribution is 6.05. The third-order valence-electron chi connectivity index (χ3n) is 6.59. The van der Waals surface area contributed by atoms with Crippen LogP contribution in [-0.4, -0.2) is 46.4 Å². The van der Waals surface area contributed by atoms with E-state index in [0.29, 0.717) is 24.9 Å². The van der Waals surface area contributed by atoms with Gasteiger partial charge >= 0.3 is 0 Å². The molecule has 5 nitrogen and oxygen atoms in total. The second kappa shape index (κ2) is 8.58. The fourth-order valence-corrected chi connectivity index (χ4v) is 4.87. The van der Waals surface area contributed by atoms with Crippen molar-refractivity contribution in [2.75, 3.05) is 13.6 Å². The first-order valence-corrected chi connectivity index (χ1v) is 11.3. The zero-order chi connectivity index (χ0) is 22.9. The minimum Gasteiger partial charge on any atom is -0.506 e. The van der Waals surface area contributed by atoms with Gasteiger partial charge in [-0.05, 0) is 40.6 Å². The molecule has 33 heavy (non-hydrogen) atoms. The van der Waals surface area contributed by atoms with E-state index in [1.807, 2.05) is 48.5 Å². The molecule has 0 saturated carbocycles. The van der Waals surface area contributed by atoms with Crippen molar-refractivity contribution in [3.63, 3.8) is 0 Å². The highest BCUT2D eigenvalue weighted by Crippen LogP contribution is 2.32. The zero-order valence-electron chi connectivity index (χ0n) is 18.6. The van der Waals surface area contributed by atoms with Crippen LogP contribution in [0, 0.1) is 0 Å². The molecule has 0 radical (unpaired) electrons. The number of phenolic OH excluding ortho intramolecular Hbond substituents is 1. The summed E-state index contributed by atoms with van der Waals surface area (Å²) in [6, 6.07) is 24.6. The van der Waals surface area contributed by atoms with Gasteiger partial charge in [-0.1, -0.05) is 72.8 Å². The van der Waals surface area contributed by atoms with Crippen molar-refractivity contribution in [1.29, 1.82) is 0 Å². The van der Waals surface area contributed by atoms with E-state index < -0.39 is 6.04 Å². The quantitative estimate of drug-likeness (QED) is 0.490. The van der Waals surface area contributed by atoms with Gasteiger partial charge in [0.15, 0.2) is 0 Å². The van der Waals surface area contributed by atoms with Crippen molar-refractivity contribution in [1.82, 2.24) is 9.80 Å². The molecule has 0 spiro atoms. The molecule has 0 bridgehead atoms. The lowest BCUT2D eigenvalue weighted by Gasteiger charge is -2.28. The number of carbonyl (C=O) groups is 2. The maximum Gasteiger partial charge on any atom is 0.258 e. The molecule has 1 unspecified atom stereocenters. The van der Waals surface area contributed by atoms with E-state index in [0.717, 1.165) is 28.1 Å². The van der Waals surface area contributed by atoms with Gasteiger partial charge in [-0.15, -0.1) is 0 Å². The molecule has 4 aromatic rings. The van der Waals surface area contributed by atoms with Crippen LogP contribution in [0.3, 0.4) is 0 Å². The van der Waals surface area contributed by atoms with Crippen LogP contribution in [0.2, 0.25) is 0 Å². The number of likely N-dealkylation sites (tertiary alicyclic amines) is 1. The predicted octanol–water partition coefficient (Wildman–Crippen LogP) is 4.96. The van der Waals surface area contributed by atoms with Gasteiger partial charge in [-0.2, -0.15) is 0 Å². The zero-order valence-corrected chi connectivity index (χ0v) is 18.6. The van der Waals surface area contributed by atoms with E-state index in [1.165, 1.54) is 0 Å². The first-order chi connectivity index (χ1) is 16.0. The number of benzene rings is 4. The van der Waals surface area contributed by atoms with Gasteiger partial charge in [0, 0.05) is 25.5 Å². The molecule has 0 aliphatic carbocycles. The summed E-state index contributed by atoms with van der Waals surface area (Å²) >= 11 is 0. The Labute approximate surface area is 192 Å². The molecule has 2 amide bonds. The van der Waals surface area contributed by atoms with Crippen LogP contribution in [0.1, 0.15) is 28.8 Å². The minimum atomic E-state index is -0.525. The lowest BCUT2D eigenvalue weighted by Crippen LogP contribution is -2.46. The Hall–Kier alpha value is -3.86. The number of phenols is 1. The normalized spacial score (nSPS) is 15.8. The van der Waals surface area contributed by atoms with Crippen LogP contribution in [0.4, 0.5) is 0 Å². The van der Waals surface area contributed by atoms with E-state index in [9.17, 15) is 14.7 Å². The van der Waals surface area contributed by atoms with Crippen LogP contribution in [-0.2, 0) is 11.3 Å². The number of likely N-dealkylation sites (N-methyl/N-ethyl adjacent to an activating group) is 1. The number of aromatic hydroxyl groups is 1. The molecule has 0 aromatic heterocycles. The summed E-state index contributed by atoms with van der Waals surface area (Å²) in [7, 11) is 1.79. The summed E-state index contributed by atoms with van der Waals surface area (Å²) in [5.41, 5.74) is 1.32. The Morgan fingerprint density at radius 2 is 1.58 bits per heavy atom. The highest BCUT2D eigenvalue weighted by atomic mass is 16.3. The number of hydrogen-bond donors (Lipinski definition) is 1. The number of amides is 2. The minimum absolute atomic E-state index is 0.0275. The summed E-state index contributed by atoms with van der Waals surface area (Å²) in [6.45, 7) is 0.976. The lowest BCUT2D eigenvalue weighted by atomic mass is 10.0. The summed E-state index contributed by atoms with van der Waals surface area (Å²) in [6.07, 6.45) is 1.39. The molecule has 5 heteroatoms. The second-order valence-corrected chi connectivity index (χ2v) is 8.67. The van der Waals surface area contributed by atoms with Crippen molar-refractivity contribution in [3.05, 3.63) is 90.0 Å². The van der Waals surface area contributed by atoms with Gasteiger partial charge in [0.05, 0.1) is 5.56 Å². The smallest absolute Gasteiger partial charge is 0.258 e. The van der Waals surface area contributed by atoms with Crippen molar-refractivity contribution in [2.45, 2.75) is 25.4 Å². The maximum atomic E-state index is 13.4. The van der Waals surface area contributed by atoms with Gasteiger partial charge in [0.2, 0.25) is 5.91 Å². The van der Waals surface area contributed by atoms with E-state index >= 15 is 0 Å². The van der Waals surface area contributed by atoms with Crippen molar-refractivity contribution in [2.24, 2.45) is 0 Å². The molecule has 1 saturated heterocycles. The van der Waals surface area contributed by atoms with Crippen LogP contribution >= 0.6 is 0 Å². The molecule has 4 aromatic carbocycles. The molecule has 1 fully saturated rings. The van der Waals surface area contributed by atoms with Crippen molar-refractivity contribution >= 4 is 33.4 Å². The third kappa shape index (κ3) is 3.80. The van der Waals surface area contributed by atoms with Gasteiger partial charge in [0.1, 0.15) is 11.8 Å². The number of rotatable bonds is 4. The maximum absolute atomic E-state index is 13.4. The average Bonchev–Trinajstić information content (AvgIpc) is 3.34. The first kappa shape index (κ1) is 21.0. The number of carbonyl (C=O) groups excluding carboxylic acids is 2. The molecule has 166 valence electrons.